The minimum atomic E-state index is -1.09. The third-order valence-electron chi connectivity index (χ3n) is 6.06. The highest BCUT2D eigenvalue weighted by atomic mass is 35.5. The molecule has 3 amide bonds. The molecule has 33 heavy (non-hydrogen) atoms. The molecule has 3 aliphatic heterocycles. The van der Waals surface area contributed by atoms with Crippen molar-refractivity contribution in [3.63, 3.8) is 0 Å². The van der Waals surface area contributed by atoms with E-state index in [0.29, 0.717) is 5.69 Å². The minimum absolute atomic E-state index is 0.0140. The number of carbonyl (C=O) groups excluding carboxylic acids is 3. The fourth-order valence-electron chi connectivity index (χ4n) is 4.58. The molecule has 5 rings (SSSR count). The summed E-state index contributed by atoms with van der Waals surface area (Å²) in [7, 11) is 0. The lowest BCUT2D eigenvalue weighted by atomic mass is 9.77. The zero-order valence-electron chi connectivity index (χ0n) is 17.0. The van der Waals surface area contributed by atoms with Crippen molar-refractivity contribution in [3.8, 4) is 5.75 Å². The maximum atomic E-state index is 13.3. The van der Waals surface area contributed by atoms with Crippen LogP contribution in [0, 0.1) is 11.8 Å². The third kappa shape index (κ3) is 3.69. The molecule has 3 heterocycles. The first-order valence-electron chi connectivity index (χ1n) is 10.1. The predicted molar refractivity (Wildman–Crippen MR) is 123 cm³/mol. The molecular formula is C23H17Cl3N2O5. The fraction of sp³-hybridized carbons (Fsp3) is 0.261. The molecule has 7 nitrogen and oxygen atoms in total. The number of imide groups is 1. The van der Waals surface area contributed by atoms with Crippen LogP contribution in [0.2, 0.25) is 15.1 Å². The molecule has 2 saturated heterocycles. The number of rotatable bonds is 6. The van der Waals surface area contributed by atoms with Gasteiger partial charge in [0, 0.05) is 6.07 Å². The van der Waals surface area contributed by atoms with Crippen LogP contribution >= 0.6 is 34.8 Å². The minimum Gasteiger partial charge on any atom is -0.482 e. The molecule has 2 aromatic carbocycles. The zero-order chi connectivity index (χ0) is 23.3. The van der Waals surface area contributed by atoms with Crippen LogP contribution in [0.3, 0.4) is 0 Å². The standard InChI is InChI=1S/C23H17Cl3N2O5/c24-13-8-15(26)17(9-14(13)25)32-10-18(29)27-11-23-7-6-16(33-23)19-20(23)22(31)28(21(19)30)12-4-2-1-3-5-12/h1-9,16,19-20H,10-11H2,(H,27,29). The molecule has 3 aliphatic rings. The lowest BCUT2D eigenvalue weighted by molar-refractivity contribution is -0.129. The van der Waals surface area contributed by atoms with Gasteiger partial charge in [0.2, 0.25) is 11.8 Å². The van der Waals surface area contributed by atoms with Crippen LogP contribution in [-0.4, -0.2) is 42.6 Å². The molecule has 0 aromatic heterocycles. The van der Waals surface area contributed by atoms with Gasteiger partial charge in [-0.2, -0.15) is 0 Å². The number of nitrogens with zero attached hydrogens (tertiary/aromatic N) is 1. The van der Waals surface area contributed by atoms with Gasteiger partial charge in [0.25, 0.3) is 5.91 Å². The van der Waals surface area contributed by atoms with Gasteiger partial charge < -0.3 is 14.8 Å². The number of carbonyl (C=O) groups is 3. The Morgan fingerprint density at radius 3 is 2.55 bits per heavy atom. The van der Waals surface area contributed by atoms with E-state index in [-0.39, 0.29) is 45.8 Å². The van der Waals surface area contributed by atoms with E-state index >= 15 is 0 Å². The van der Waals surface area contributed by atoms with E-state index in [2.05, 4.69) is 5.32 Å². The van der Waals surface area contributed by atoms with Crippen molar-refractivity contribution in [1.82, 2.24) is 5.32 Å². The van der Waals surface area contributed by atoms with Gasteiger partial charge in [0.15, 0.2) is 6.61 Å². The number of amides is 3. The number of hydrogen-bond acceptors (Lipinski definition) is 5. The molecule has 0 spiro atoms. The van der Waals surface area contributed by atoms with E-state index in [1.54, 1.807) is 36.4 Å². The molecule has 4 unspecified atom stereocenters. The molecule has 10 heteroatoms. The second-order valence-electron chi connectivity index (χ2n) is 8.01. The van der Waals surface area contributed by atoms with Crippen LogP contribution in [0.25, 0.3) is 0 Å². The summed E-state index contributed by atoms with van der Waals surface area (Å²) in [5.41, 5.74) is -0.574. The molecular weight excluding hydrogens is 491 g/mol. The zero-order valence-corrected chi connectivity index (χ0v) is 19.2. The van der Waals surface area contributed by atoms with Crippen LogP contribution in [0.1, 0.15) is 0 Å². The van der Waals surface area contributed by atoms with Gasteiger partial charge in [-0.15, -0.1) is 0 Å². The third-order valence-corrected chi connectivity index (χ3v) is 7.08. The van der Waals surface area contributed by atoms with E-state index in [1.165, 1.54) is 17.0 Å². The Morgan fingerprint density at radius 2 is 1.79 bits per heavy atom. The molecule has 0 saturated carbocycles. The first-order chi connectivity index (χ1) is 15.8. The van der Waals surface area contributed by atoms with Gasteiger partial charge in [-0.05, 0) is 18.2 Å². The Bertz CT molecular complexity index is 1190. The summed E-state index contributed by atoms with van der Waals surface area (Å²) >= 11 is 17.9. The maximum absolute atomic E-state index is 13.3. The van der Waals surface area contributed by atoms with Crippen LogP contribution in [-0.2, 0) is 19.1 Å². The highest BCUT2D eigenvalue weighted by Crippen LogP contribution is 2.52. The summed E-state index contributed by atoms with van der Waals surface area (Å²) in [6.45, 7) is -0.321. The predicted octanol–water partition coefficient (Wildman–Crippen LogP) is 3.66. The van der Waals surface area contributed by atoms with Gasteiger partial charge in [-0.1, -0.05) is 65.2 Å². The average molecular weight is 508 g/mol. The summed E-state index contributed by atoms with van der Waals surface area (Å²) in [6.07, 6.45) is 3.03. The molecule has 0 radical (unpaired) electrons. The number of nitrogens with one attached hydrogen (secondary N) is 1. The van der Waals surface area contributed by atoms with Crippen molar-refractivity contribution < 1.29 is 23.9 Å². The fourth-order valence-corrected chi connectivity index (χ4v) is 5.18. The van der Waals surface area contributed by atoms with E-state index in [1.807, 2.05) is 6.07 Å². The van der Waals surface area contributed by atoms with E-state index < -0.39 is 29.4 Å². The van der Waals surface area contributed by atoms with Crippen molar-refractivity contribution in [2.24, 2.45) is 11.8 Å². The van der Waals surface area contributed by atoms with E-state index in [4.69, 9.17) is 44.3 Å². The normalized spacial score (nSPS) is 27.2. The number of fused-ring (bicyclic) bond motifs is 5. The van der Waals surface area contributed by atoms with Crippen LogP contribution in [0.4, 0.5) is 5.69 Å². The van der Waals surface area contributed by atoms with Gasteiger partial charge in [0.1, 0.15) is 11.4 Å². The molecule has 2 fully saturated rings. The van der Waals surface area contributed by atoms with E-state index in [0.717, 1.165) is 0 Å². The summed E-state index contributed by atoms with van der Waals surface area (Å²) < 4.78 is 11.5. The number of anilines is 1. The molecule has 1 N–H and O–H groups in total. The van der Waals surface area contributed by atoms with Crippen molar-refractivity contribution in [2.75, 3.05) is 18.1 Å². The Kier molecular flexibility index (Phi) is 5.61. The summed E-state index contributed by atoms with van der Waals surface area (Å²) in [6, 6.07) is 11.6. The summed E-state index contributed by atoms with van der Waals surface area (Å²) in [5, 5.41) is 3.47. The quantitative estimate of drug-likeness (QED) is 0.366. The highest BCUT2D eigenvalue weighted by molar-refractivity contribution is 6.43. The van der Waals surface area contributed by atoms with Crippen LogP contribution in [0.5, 0.6) is 5.75 Å². The smallest absolute Gasteiger partial charge is 0.258 e. The summed E-state index contributed by atoms with van der Waals surface area (Å²) in [5.74, 6) is -2.20. The lowest BCUT2D eigenvalue weighted by Gasteiger charge is -2.29. The number of ether oxygens (including phenoxy) is 2. The number of para-hydroxylation sites is 1. The van der Waals surface area contributed by atoms with Crippen LogP contribution in [0.15, 0.2) is 54.6 Å². The van der Waals surface area contributed by atoms with E-state index in [9.17, 15) is 14.4 Å². The number of halogens is 3. The molecule has 0 aliphatic carbocycles. The lowest BCUT2D eigenvalue weighted by Crippen LogP contribution is -2.49. The van der Waals surface area contributed by atoms with Crippen molar-refractivity contribution in [3.05, 3.63) is 69.7 Å². The maximum Gasteiger partial charge on any atom is 0.258 e. The first kappa shape index (κ1) is 22.2. The number of hydrogen-bond donors (Lipinski definition) is 1. The van der Waals surface area contributed by atoms with Crippen molar-refractivity contribution >= 4 is 58.2 Å². The second-order valence-corrected chi connectivity index (χ2v) is 9.23. The average Bonchev–Trinajstić information content (AvgIpc) is 3.44. The Hall–Kier alpha value is -2.58. The monoisotopic (exact) mass is 506 g/mol. The van der Waals surface area contributed by atoms with Crippen molar-refractivity contribution in [1.29, 1.82) is 0 Å². The molecule has 4 atom stereocenters. The Labute approximate surface area is 204 Å². The van der Waals surface area contributed by atoms with Gasteiger partial charge in [-0.3, -0.25) is 14.4 Å². The molecule has 2 bridgehead atoms. The highest BCUT2D eigenvalue weighted by Gasteiger charge is 2.67. The van der Waals surface area contributed by atoms with Gasteiger partial charge in [0.05, 0.1) is 45.2 Å². The molecule has 2 aromatic rings. The Morgan fingerprint density at radius 1 is 1.06 bits per heavy atom. The second kappa shape index (κ2) is 8.33. The number of benzene rings is 2. The summed E-state index contributed by atoms with van der Waals surface area (Å²) in [4.78, 5) is 40.0. The topological polar surface area (TPSA) is 84.9 Å². The van der Waals surface area contributed by atoms with Crippen molar-refractivity contribution in [2.45, 2.75) is 11.7 Å². The SMILES string of the molecule is O=C(COc1cc(Cl)c(Cl)cc1Cl)NCC12C=CC(O1)C1C(=O)N(c3ccccc3)C(=O)C12. The van der Waals surface area contributed by atoms with Gasteiger partial charge >= 0.3 is 0 Å². The largest absolute Gasteiger partial charge is 0.482 e. The first-order valence-corrected chi connectivity index (χ1v) is 11.3. The van der Waals surface area contributed by atoms with Crippen LogP contribution < -0.4 is 15.0 Å². The van der Waals surface area contributed by atoms with Gasteiger partial charge in [-0.25, -0.2) is 4.90 Å². The Balaban J connectivity index is 1.27. The molecule has 170 valence electrons.